The molecule has 0 bridgehead atoms. The van der Waals surface area contributed by atoms with Gasteiger partial charge < -0.3 is 14.9 Å². The lowest BCUT2D eigenvalue weighted by Crippen LogP contribution is -2.23. The molecule has 0 aromatic heterocycles. The zero-order chi connectivity index (χ0) is 15.0. The van der Waals surface area contributed by atoms with Crippen molar-refractivity contribution in [3.05, 3.63) is 35.1 Å². The minimum absolute atomic E-state index is 0.210. The van der Waals surface area contributed by atoms with Crippen LogP contribution < -0.4 is 0 Å². The molecular formula is C16H23FN2O. The van der Waals surface area contributed by atoms with Crippen LogP contribution in [0.1, 0.15) is 17.5 Å². The van der Waals surface area contributed by atoms with Crippen molar-refractivity contribution in [1.82, 2.24) is 9.80 Å². The highest BCUT2D eigenvalue weighted by atomic mass is 19.1. The maximum absolute atomic E-state index is 13.9. The zero-order valence-electron chi connectivity index (χ0n) is 12.5. The largest absolute Gasteiger partial charge is 0.384 e. The molecule has 110 valence electrons. The van der Waals surface area contributed by atoms with Gasteiger partial charge in [0.05, 0.1) is 0 Å². The Kier molecular flexibility index (Phi) is 7.24. The number of nitrogens with zero attached hydrogens (tertiary/aromatic N) is 2. The van der Waals surface area contributed by atoms with Crippen LogP contribution in [-0.2, 0) is 6.54 Å². The van der Waals surface area contributed by atoms with Crippen molar-refractivity contribution in [3.63, 3.8) is 0 Å². The fraction of sp³-hybridized carbons (Fsp3) is 0.500. The summed E-state index contributed by atoms with van der Waals surface area (Å²) in [5.41, 5.74) is 1.27. The molecule has 0 aliphatic carbocycles. The molecule has 0 fully saturated rings. The summed E-state index contributed by atoms with van der Waals surface area (Å²) in [6, 6.07) is 4.97. The molecule has 0 aliphatic heterocycles. The minimum Gasteiger partial charge on any atom is -0.384 e. The Bertz CT molecular complexity index is 477. The van der Waals surface area contributed by atoms with Crippen molar-refractivity contribution in [3.8, 4) is 11.8 Å². The van der Waals surface area contributed by atoms with Gasteiger partial charge in [0.25, 0.3) is 0 Å². The SMILES string of the molecule is CN(C)CCCN(C)Cc1ccc(C#CCO)cc1F. The van der Waals surface area contributed by atoms with Gasteiger partial charge in [-0.2, -0.15) is 0 Å². The van der Waals surface area contributed by atoms with Crippen molar-refractivity contribution < 1.29 is 9.50 Å². The second-order valence-corrected chi connectivity index (χ2v) is 5.16. The second-order valence-electron chi connectivity index (χ2n) is 5.16. The van der Waals surface area contributed by atoms with E-state index in [1.165, 1.54) is 6.07 Å². The molecule has 0 saturated heterocycles. The smallest absolute Gasteiger partial charge is 0.128 e. The summed E-state index contributed by atoms with van der Waals surface area (Å²) in [6.07, 6.45) is 1.06. The lowest BCUT2D eigenvalue weighted by atomic mass is 10.1. The Hall–Kier alpha value is -1.41. The van der Waals surface area contributed by atoms with Gasteiger partial charge in [-0.25, -0.2) is 4.39 Å². The number of hydrogen-bond donors (Lipinski definition) is 1. The third-order valence-electron chi connectivity index (χ3n) is 2.95. The predicted molar refractivity (Wildman–Crippen MR) is 79.9 cm³/mol. The number of aliphatic hydroxyl groups excluding tert-OH is 1. The molecule has 4 heteroatoms. The first kappa shape index (κ1) is 16.6. The van der Waals surface area contributed by atoms with Crippen molar-refractivity contribution in [2.45, 2.75) is 13.0 Å². The van der Waals surface area contributed by atoms with Gasteiger partial charge >= 0.3 is 0 Å². The summed E-state index contributed by atoms with van der Waals surface area (Å²) in [5.74, 6) is 4.98. The third-order valence-corrected chi connectivity index (χ3v) is 2.95. The third kappa shape index (κ3) is 6.16. The second kappa shape index (κ2) is 8.70. The van der Waals surface area contributed by atoms with Crippen LogP contribution in [0.15, 0.2) is 18.2 Å². The van der Waals surface area contributed by atoms with Gasteiger partial charge in [-0.15, -0.1) is 0 Å². The van der Waals surface area contributed by atoms with Gasteiger partial charge in [0, 0.05) is 17.7 Å². The molecular weight excluding hydrogens is 255 g/mol. The molecule has 20 heavy (non-hydrogen) atoms. The molecule has 3 nitrogen and oxygen atoms in total. The van der Waals surface area contributed by atoms with E-state index in [4.69, 9.17) is 5.11 Å². The van der Waals surface area contributed by atoms with Crippen LogP contribution in [0, 0.1) is 17.7 Å². The van der Waals surface area contributed by atoms with Crippen LogP contribution in [0.3, 0.4) is 0 Å². The van der Waals surface area contributed by atoms with E-state index < -0.39 is 0 Å². The van der Waals surface area contributed by atoms with Crippen molar-refractivity contribution in [2.24, 2.45) is 0 Å². The standard InChI is InChI=1S/C16H23FN2O/c1-18(2)9-5-10-19(3)13-15-8-7-14(6-4-11-20)12-16(15)17/h7-8,12,20H,5,9-11,13H2,1-3H3. The number of benzene rings is 1. The maximum Gasteiger partial charge on any atom is 0.128 e. The summed E-state index contributed by atoms with van der Waals surface area (Å²) in [4.78, 5) is 4.25. The summed E-state index contributed by atoms with van der Waals surface area (Å²) < 4.78 is 13.9. The molecule has 0 heterocycles. The van der Waals surface area contributed by atoms with Crippen LogP contribution in [-0.4, -0.2) is 55.7 Å². The summed E-state index contributed by atoms with van der Waals surface area (Å²) in [7, 11) is 6.09. The minimum atomic E-state index is -0.241. The Balaban J connectivity index is 2.55. The molecule has 0 amide bonds. The fourth-order valence-electron chi connectivity index (χ4n) is 1.92. The van der Waals surface area contributed by atoms with Crippen LogP contribution >= 0.6 is 0 Å². The van der Waals surface area contributed by atoms with Crippen LogP contribution in [0.5, 0.6) is 0 Å². The van der Waals surface area contributed by atoms with Gasteiger partial charge in [0.1, 0.15) is 12.4 Å². The number of aliphatic hydroxyl groups is 1. The van der Waals surface area contributed by atoms with Gasteiger partial charge in [0.15, 0.2) is 0 Å². The van der Waals surface area contributed by atoms with E-state index in [1.54, 1.807) is 12.1 Å². The highest BCUT2D eigenvalue weighted by Gasteiger charge is 2.06. The molecule has 0 atom stereocenters. The van der Waals surface area contributed by atoms with E-state index in [1.807, 2.05) is 21.1 Å². The van der Waals surface area contributed by atoms with Gasteiger partial charge in [0.2, 0.25) is 0 Å². The average molecular weight is 278 g/mol. The Morgan fingerprint density at radius 2 is 1.95 bits per heavy atom. The highest BCUT2D eigenvalue weighted by molar-refractivity contribution is 5.37. The highest BCUT2D eigenvalue weighted by Crippen LogP contribution is 2.12. The van der Waals surface area contributed by atoms with E-state index >= 15 is 0 Å². The lowest BCUT2D eigenvalue weighted by molar-refractivity contribution is 0.291. The lowest BCUT2D eigenvalue weighted by Gasteiger charge is -2.18. The first-order chi connectivity index (χ1) is 9.52. The Morgan fingerprint density at radius 3 is 2.55 bits per heavy atom. The molecule has 0 spiro atoms. The van der Waals surface area contributed by atoms with E-state index in [0.29, 0.717) is 17.7 Å². The van der Waals surface area contributed by atoms with E-state index in [9.17, 15) is 4.39 Å². The first-order valence-corrected chi connectivity index (χ1v) is 6.74. The topological polar surface area (TPSA) is 26.7 Å². The van der Waals surface area contributed by atoms with E-state index in [0.717, 1.165) is 19.5 Å². The molecule has 0 unspecified atom stereocenters. The van der Waals surface area contributed by atoms with E-state index in [-0.39, 0.29) is 12.4 Å². The number of hydrogen-bond acceptors (Lipinski definition) is 3. The molecule has 1 rings (SSSR count). The van der Waals surface area contributed by atoms with Crippen LogP contribution in [0.4, 0.5) is 4.39 Å². The van der Waals surface area contributed by atoms with Gasteiger partial charge in [-0.05, 0) is 52.8 Å². The van der Waals surface area contributed by atoms with Crippen LogP contribution in [0.25, 0.3) is 0 Å². The molecule has 0 saturated carbocycles. The average Bonchev–Trinajstić information content (AvgIpc) is 2.38. The predicted octanol–water partition coefficient (Wildman–Crippen LogP) is 1.55. The summed E-state index contributed by atoms with van der Waals surface area (Å²) in [5, 5.41) is 8.61. The summed E-state index contributed by atoms with van der Waals surface area (Å²) >= 11 is 0. The Morgan fingerprint density at radius 1 is 1.20 bits per heavy atom. The normalized spacial score (nSPS) is 10.8. The monoisotopic (exact) mass is 278 g/mol. The molecule has 1 aromatic carbocycles. The maximum atomic E-state index is 13.9. The van der Waals surface area contributed by atoms with Crippen molar-refractivity contribution >= 4 is 0 Å². The molecule has 1 aromatic rings. The fourth-order valence-corrected chi connectivity index (χ4v) is 1.92. The molecule has 1 N–H and O–H groups in total. The molecule has 0 radical (unpaired) electrons. The number of rotatable bonds is 6. The van der Waals surface area contributed by atoms with Crippen LogP contribution in [0.2, 0.25) is 0 Å². The molecule has 0 aliphatic rings. The number of halogens is 1. The van der Waals surface area contributed by atoms with Gasteiger partial charge in [-0.3, -0.25) is 0 Å². The zero-order valence-corrected chi connectivity index (χ0v) is 12.5. The summed E-state index contributed by atoms with van der Waals surface area (Å²) in [6.45, 7) is 2.34. The van der Waals surface area contributed by atoms with Gasteiger partial charge in [-0.1, -0.05) is 17.9 Å². The van der Waals surface area contributed by atoms with Crippen molar-refractivity contribution in [2.75, 3.05) is 40.8 Å². The Labute approximate surface area is 121 Å². The first-order valence-electron chi connectivity index (χ1n) is 6.74. The quantitative estimate of drug-likeness (QED) is 0.800. The van der Waals surface area contributed by atoms with E-state index in [2.05, 4.69) is 21.6 Å². The van der Waals surface area contributed by atoms with Crippen molar-refractivity contribution in [1.29, 1.82) is 0 Å².